The van der Waals surface area contributed by atoms with Crippen molar-refractivity contribution in [2.45, 2.75) is 69.5 Å². The Morgan fingerprint density at radius 3 is 2.41 bits per heavy atom. The number of nitrogen functional groups attached to an aromatic ring is 1. The number of quaternary nitrogens is 1. The highest BCUT2D eigenvalue weighted by atomic mass is 35.5. The monoisotopic (exact) mass is 875 g/mol. The quantitative estimate of drug-likeness (QED) is 0.0260. The van der Waals surface area contributed by atoms with E-state index in [1.165, 1.54) is 36.1 Å². The van der Waals surface area contributed by atoms with Crippen molar-refractivity contribution in [1.29, 1.82) is 0 Å². The summed E-state index contributed by atoms with van der Waals surface area (Å²) >= 11 is 11.9. The molecule has 3 atom stereocenters. The van der Waals surface area contributed by atoms with E-state index < -0.39 is 75.2 Å². The van der Waals surface area contributed by atoms with E-state index in [4.69, 9.17) is 22.2 Å². The summed E-state index contributed by atoms with van der Waals surface area (Å²) in [5.41, 5.74) is 2.93. The maximum Gasteiger partial charge on any atom is 0.352 e. The first-order chi connectivity index (χ1) is 27.6. The number of oxime groups is 1. The van der Waals surface area contributed by atoms with E-state index in [9.17, 15) is 49.2 Å². The first-order valence-corrected chi connectivity index (χ1v) is 20.3. The fraction of sp³-hybridized carbons (Fsp3) is 0.459. The number of thiazole rings is 1. The number of aliphatic carboxylic acids is 2. The molecule has 19 nitrogen and oxygen atoms in total. The zero-order valence-electron chi connectivity index (χ0n) is 32.6. The molecule has 4 saturated heterocycles. The highest BCUT2D eigenvalue weighted by molar-refractivity contribution is 7.81. The van der Waals surface area contributed by atoms with Gasteiger partial charge >= 0.3 is 11.9 Å². The van der Waals surface area contributed by atoms with Crippen LogP contribution in [0.5, 0.6) is 11.5 Å². The van der Waals surface area contributed by atoms with Gasteiger partial charge in [-0.15, -0.1) is 11.3 Å². The zero-order chi connectivity index (χ0) is 43.5. The number of aryl methyl sites for hydroxylation is 1. The van der Waals surface area contributed by atoms with E-state index >= 15 is 0 Å². The summed E-state index contributed by atoms with van der Waals surface area (Å²) in [5, 5.41) is 47.1. The molecule has 4 fully saturated rings. The van der Waals surface area contributed by atoms with Gasteiger partial charge in [-0.05, 0) is 27.7 Å². The zero-order valence-corrected chi connectivity index (χ0v) is 35.1. The molecule has 59 heavy (non-hydrogen) atoms. The molecule has 2 bridgehead atoms. The number of hydrogen-bond acceptors (Lipinski definition) is 14. The SMILES string of the molecule is C[C@H](S)/C(C[N+]12CCC(CC1)N(C(=O)c1cn(C)c3cc(O)c(O)c(Cl)c3c1=O)CC2)=C(/C(=O)O)N1C(=O)[C@@H](NC(=O)/C(=N\OC(C)(C)C(=O)O)c2csc(N)n2)[C@H]1C. The summed E-state index contributed by atoms with van der Waals surface area (Å²) in [4.78, 5) is 91.7. The maximum atomic E-state index is 14.1. The molecule has 3 aromatic rings. The number of pyridine rings is 1. The number of carboxylic acids is 2. The van der Waals surface area contributed by atoms with E-state index in [0.717, 1.165) is 16.2 Å². The maximum absolute atomic E-state index is 14.1. The molecule has 7 N–H and O–H groups in total. The van der Waals surface area contributed by atoms with Crippen LogP contribution in [0.3, 0.4) is 0 Å². The number of carbonyl (C=O) groups is 5. The van der Waals surface area contributed by atoms with Crippen LogP contribution in [0.4, 0.5) is 5.13 Å². The number of piperidine rings is 1. The lowest BCUT2D eigenvalue weighted by Gasteiger charge is -2.47. The minimum Gasteiger partial charge on any atom is -0.504 e. The summed E-state index contributed by atoms with van der Waals surface area (Å²) < 4.78 is 1.86. The number of rotatable bonds is 12. The Hall–Kier alpha value is -5.38. The normalized spacial score (nSPS) is 23.0. The Morgan fingerprint density at radius 1 is 1.19 bits per heavy atom. The van der Waals surface area contributed by atoms with Crippen LogP contribution in [0.25, 0.3) is 10.9 Å². The number of halogens is 1. The average molecular weight is 876 g/mol. The molecule has 4 aliphatic rings. The van der Waals surface area contributed by atoms with Crippen molar-refractivity contribution in [2.75, 3.05) is 38.5 Å². The number of aromatic hydroxyl groups is 2. The third-order valence-electron chi connectivity index (χ3n) is 11.3. The second-order valence-electron chi connectivity index (χ2n) is 15.5. The van der Waals surface area contributed by atoms with Gasteiger partial charge in [0.25, 0.3) is 17.7 Å². The molecule has 7 rings (SSSR count). The number of phenols is 2. The van der Waals surface area contributed by atoms with Crippen LogP contribution in [-0.4, -0.2) is 141 Å². The third kappa shape index (κ3) is 7.90. The lowest BCUT2D eigenvalue weighted by atomic mass is 9.92. The highest BCUT2D eigenvalue weighted by Crippen LogP contribution is 2.39. The number of aromatic nitrogens is 2. The molecule has 2 aromatic heterocycles. The van der Waals surface area contributed by atoms with E-state index in [1.54, 1.807) is 25.8 Å². The number of carbonyl (C=O) groups excluding carboxylic acids is 3. The number of carboxylic acid groups (broad SMARTS) is 2. The van der Waals surface area contributed by atoms with Gasteiger partial charge in [-0.3, -0.25) is 24.1 Å². The Kier molecular flexibility index (Phi) is 11.7. The van der Waals surface area contributed by atoms with Crippen LogP contribution < -0.4 is 16.5 Å². The summed E-state index contributed by atoms with van der Waals surface area (Å²) in [5.74, 6) is -6.09. The van der Waals surface area contributed by atoms with Gasteiger partial charge in [-0.1, -0.05) is 16.8 Å². The minimum atomic E-state index is -1.82. The predicted molar refractivity (Wildman–Crippen MR) is 219 cm³/mol. The molecule has 3 amide bonds. The fourth-order valence-corrected chi connectivity index (χ4v) is 8.84. The number of β-lactam (4-membered cyclic amide) rings is 1. The highest BCUT2D eigenvalue weighted by Gasteiger charge is 2.51. The molecule has 1 aromatic carbocycles. The molecule has 6 heterocycles. The van der Waals surface area contributed by atoms with Gasteiger partial charge in [0.15, 0.2) is 22.3 Å². The number of anilines is 1. The van der Waals surface area contributed by atoms with Crippen LogP contribution in [-0.2, 0) is 31.1 Å². The topological polar surface area (TPSA) is 267 Å². The van der Waals surface area contributed by atoms with Gasteiger partial charge in [0.2, 0.25) is 11.0 Å². The molecule has 0 aliphatic carbocycles. The largest absolute Gasteiger partial charge is 0.504 e. The lowest BCUT2D eigenvalue weighted by Crippen LogP contribution is -2.70. The Bertz CT molecular complexity index is 2400. The number of nitrogens with one attached hydrogen (secondary N) is 1. The summed E-state index contributed by atoms with van der Waals surface area (Å²) in [6.07, 6.45) is 2.46. The lowest BCUT2D eigenvalue weighted by molar-refractivity contribution is -0.925. The van der Waals surface area contributed by atoms with Crippen LogP contribution in [0.15, 0.2) is 38.9 Å². The Labute approximate surface area is 351 Å². The number of nitrogens with zero attached hydrogens (tertiary/aromatic N) is 6. The van der Waals surface area contributed by atoms with Crippen LogP contribution in [0, 0.1) is 0 Å². The van der Waals surface area contributed by atoms with Crippen LogP contribution in [0.1, 0.15) is 56.6 Å². The number of thiol groups is 1. The molecule has 0 radical (unpaired) electrons. The number of hydrogen-bond donors (Lipinski definition) is 7. The predicted octanol–water partition coefficient (Wildman–Crippen LogP) is 1.73. The van der Waals surface area contributed by atoms with E-state index in [0.29, 0.717) is 42.5 Å². The summed E-state index contributed by atoms with van der Waals surface area (Å²) in [7, 11) is 1.59. The molecular formula is C37H44ClN8O11S2+. The third-order valence-corrected chi connectivity index (χ3v) is 12.6. The molecule has 316 valence electrons. The van der Waals surface area contributed by atoms with E-state index in [2.05, 4.69) is 28.1 Å². The number of amides is 3. The van der Waals surface area contributed by atoms with Crippen LogP contribution in [0.2, 0.25) is 5.02 Å². The van der Waals surface area contributed by atoms with Gasteiger partial charge in [0, 0.05) is 54.4 Å². The molecule has 0 unspecified atom stereocenters. The van der Waals surface area contributed by atoms with E-state index in [-0.39, 0.29) is 57.1 Å². The second-order valence-corrected chi connectivity index (χ2v) is 17.6. The minimum absolute atomic E-state index is 0.0271. The van der Waals surface area contributed by atoms with Gasteiger partial charge in [-0.2, -0.15) is 12.6 Å². The van der Waals surface area contributed by atoms with Crippen molar-refractivity contribution in [3.63, 3.8) is 0 Å². The first-order valence-electron chi connectivity index (χ1n) is 18.5. The molecule has 0 spiro atoms. The number of likely N-dealkylation sites (tertiary alicyclic amines) is 1. The van der Waals surface area contributed by atoms with Crippen molar-refractivity contribution in [3.8, 4) is 11.5 Å². The van der Waals surface area contributed by atoms with E-state index in [1.807, 2.05) is 0 Å². The standard InChI is InChI=1S/C37H43ClN8O11S2/c1-16-26(41-31(50)27(21-15-59-36(39)40-21)42-57-37(3,4)35(55)56)33(52)45(16)28(34(53)54)20(17(2)58)14-46-9-6-18(7-10-46)44(8-11-46)32(51)19-13-43(5)22-12-23(47)30(49)25(38)24(22)29(19)48/h12-13,15-18,26H,6-11,14H2,1-5H3,(H7-,39,40,41,47,49,50,53,54,55,56,58)/p+1/b28-20-,42-27-/t16-,17+,18?,26+,46?/m1/s1. The first kappa shape index (κ1) is 43.2. The average Bonchev–Trinajstić information content (AvgIpc) is 3.42. The van der Waals surface area contributed by atoms with Crippen molar-refractivity contribution >= 4 is 87.0 Å². The Balaban J connectivity index is 1.24. The smallest absolute Gasteiger partial charge is 0.352 e. The van der Waals surface area contributed by atoms with Crippen molar-refractivity contribution in [1.82, 2.24) is 24.7 Å². The van der Waals surface area contributed by atoms with Crippen molar-refractivity contribution < 1.29 is 53.7 Å². The van der Waals surface area contributed by atoms with Crippen molar-refractivity contribution in [2.24, 2.45) is 12.2 Å². The van der Waals surface area contributed by atoms with Gasteiger partial charge in [-0.25, -0.2) is 14.6 Å². The Morgan fingerprint density at radius 2 is 1.85 bits per heavy atom. The summed E-state index contributed by atoms with van der Waals surface area (Å²) in [6.45, 7) is 7.65. The number of phenolic OH excluding ortho intramolecular Hbond substituents is 2. The van der Waals surface area contributed by atoms with Crippen molar-refractivity contribution in [3.05, 3.63) is 55.4 Å². The molecule has 4 aliphatic heterocycles. The fourth-order valence-electron chi connectivity index (χ4n) is 7.81. The molecular weight excluding hydrogens is 832 g/mol. The van der Waals surface area contributed by atoms with Gasteiger partial charge in [0.1, 0.15) is 29.5 Å². The second kappa shape index (κ2) is 16.0. The van der Waals surface area contributed by atoms with Crippen LogP contribution >= 0.6 is 35.6 Å². The molecule has 0 saturated carbocycles. The summed E-state index contributed by atoms with van der Waals surface area (Å²) in [6, 6.07) is -1.09. The number of fused-ring (bicyclic) bond motifs is 5. The number of benzene rings is 1. The van der Waals surface area contributed by atoms with Gasteiger partial charge in [0.05, 0.1) is 48.1 Å². The number of nitrogens with two attached hydrogens (primary N) is 1. The molecule has 22 heteroatoms. The van der Waals surface area contributed by atoms with Gasteiger partial charge < -0.3 is 50.3 Å².